The Labute approximate surface area is 241 Å². The number of hydrogen-bond donors (Lipinski definition) is 1. The second kappa shape index (κ2) is 13.3. The largest absolute Gasteiger partial charge is 0.497 e. The average Bonchev–Trinajstić information content (AvgIpc) is 3.83. The highest BCUT2D eigenvalue weighted by Gasteiger charge is 2.34. The molecule has 3 aliphatic rings. The zero-order valence-electron chi connectivity index (χ0n) is 23.9. The fraction of sp³-hybridized carbons (Fsp3) is 0.531. The number of amides is 1. The summed E-state index contributed by atoms with van der Waals surface area (Å²) >= 11 is 0. The molecule has 9 heteroatoms. The molecular weight excluding hydrogens is 524 g/mol. The van der Waals surface area contributed by atoms with Crippen LogP contribution in [0, 0.1) is 5.92 Å². The van der Waals surface area contributed by atoms with Crippen molar-refractivity contribution in [1.82, 2.24) is 9.88 Å². The van der Waals surface area contributed by atoms with Crippen LogP contribution in [0.1, 0.15) is 75.3 Å². The maximum Gasteiger partial charge on any atom is 0.407 e. The van der Waals surface area contributed by atoms with Crippen LogP contribution in [0.4, 0.5) is 4.79 Å². The van der Waals surface area contributed by atoms with Gasteiger partial charge in [-0.1, -0.05) is 6.08 Å². The lowest BCUT2D eigenvalue weighted by Gasteiger charge is -2.30. The van der Waals surface area contributed by atoms with Crippen molar-refractivity contribution in [2.45, 2.75) is 76.4 Å². The first kappa shape index (κ1) is 28.8. The van der Waals surface area contributed by atoms with Gasteiger partial charge in [-0.05, 0) is 93.0 Å². The minimum atomic E-state index is -0.896. The number of hydrogen-bond acceptors (Lipinski definition) is 7. The van der Waals surface area contributed by atoms with Gasteiger partial charge in [-0.25, -0.2) is 9.78 Å². The smallest absolute Gasteiger partial charge is 0.407 e. The van der Waals surface area contributed by atoms with E-state index in [1.54, 1.807) is 13.3 Å². The molecule has 2 fully saturated rings. The number of carbonyl (C=O) groups is 2. The highest BCUT2D eigenvalue weighted by molar-refractivity contribution is 5.74. The highest BCUT2D eigenvalue weighted by atomic mass is 16.5. The van der Waals surface area contributed by atoms with Gasteiger partial charge in [-0.15, -0.1) is 0 Å². The predicted octanol–water partition coefficient (Wildman–Crippen LogP) is 6.07. The molecule has 2 saturated carbocycles. The molecule has 0 radical (unpaired) electrons. The van der Waals surface area contributed by atoms with E-state index in [0.717, 1.165) is 66.7 Å². The first-order valence-corrected chi connectivity index (χ1v) is 14.7. The van der Waals surface area contributed by atoms with Crippen LogP contribution in [0.5, 0.6) is 17.4 Å². The summed E-state index contributed by atoms with van der Waals surface area (Å²) < 4.78 is 23.5. The molecule has 1 aliphatic heterocycles. The third-order valence-corrected chi connectivity index (χ3v) is 8.29. The van der Waals surface area contributed by atoms with E-state index >= 15 is 0 Å². The molecule has 2 aliphatic carbocycles. The molecule has 41 heavy (non-hydrogen) atoms. The van der Waals surface area contributed by atoms with Crippen molar-refractivity contribution in [2.24, 2.45) is 5.92 Å². The van der Waals surface area contributed by atoms with E-state index in [4.69, 9.17) is 18.9 Å². The van der Waals surface area contributed by atoms with Gasteiger partial charge < -0.3 is 29.0 Å². The van der Waals surface area contributed by atoms with Gasteiger partial charge in [0.15, 0.2) is 0 Å². The van der Waals surface area contributed by atoms with E-state index in [0.29, 0.717) is 44.3 Å². The molecular formula is C32H40N2O7. The molecule has 1 atom stereocenters. The maximum absolute atomic E-state index is 12.2. The predicted molar refractivity (Wildman–Crippen MR) is 153 cm³/mol. The van der Waals surface area contributed by atoms with Crippen molar-refractivity contribution < 1.29 is 33.6 Å². The molecule has 0 saturated heterocycles. The molecule has 0 spiro atoms. The second-order valence-electron chi connectivity index (χ2n) is 11.1. The van der Waals surface area contributed by atoms with Crippen LogP contribution >= 0.6 is 0 Å². The van der Waals surface area contributed by atoms with Gasteiger partial charge in [0.1, 0.15) is 17.6 Å². The van der Waals surface area contributed by atoms with Gasteiger partial charge in [0, 0.05) is 37.0 Å². The summed E-state index contributed by atoms with van der Waals surface area (Å²) in [4.78, 5) is 29.4. The topological polar surface area (TPSA) is 107 Å². The normalized spacial score (nSPS) is 21.4. The molecule has 1 aromatic carbocycles. The summed E-state index contributed by atoms with van der Waals surface area (Å²) in [6.45, 7) is 3.07. The molecule has 0 bridgehead atoms. The quantitative estimate of drug-likeness (QED) is 0.328. The lowest BCUT2D eigenvalue weighted by molar-refractivity contribution is -0.143. The molecule has 2 aromatic rings. The number of aromatic nitrogens is 1. The first-order valence-electron chi connectivity index (χ1n) is 14.7. The number of methoxy groups -OCH3 is 1. The fourth-order valence-corrected chi connectivity index (χ4v) is 5.87. The third kappa shape index (κ3) is 7.51. The second-order valence-corrected chi connectivity index (χ2v) is 11.1. The number of rotatable bonds is 11. The average molecular weight is 565 g/mol. The van der Waals surface area contributed by atoms with Crippen LogP contribution in [0.3, 0.4) is 0 Å². The molecule has 1 amide bonds. The van der Waals surface area contributed by atoms with Crippen LogP contribution in [-0.2, 0) is 9.53 Å². The monoisotopic (exact) mass is 564 g/mol. The van der Waals surface area contributed by atoms with Crippen molar-refractivity contribution in [3.8, 4) is 17.4 Å². The Kier molecular flexibility index (Phi) is 9.31. The van der Waals surface area contributed by atoms with Crippen molar-refractivity contribution in [3.63, 3.8) is 0 Å². The first-order chi connectivity index (χ1) is 19.9. The van der Waals surface area contributed by atoms with Crippen molar-refractivity contribution in [3.05, 3.63) is 53.7 Å². The van der Waals surface area contributed by atoms with Crippen molar-refractivity contribution in [2.75, 3.05) is 26.8 Å². The minimum Gasteiger partial charge on any atom is -0.497 e. The number of benzene rings is 1. The number of ether oxygens (including phenoxy) is 4. The third-order valence-electron chi connectivity index (χ3n) is 8.29. The van der Waals surface area contributed by atoms with Crippen LogP contribution in [0.15, 0.2) is 42.6 Å². The number of carboxylic acid groups (broad SMARTS) is 1. The summed E-state index contributed by atoms with van der Waals surface area (Å²) in [6, 6.07) is 9.83. The van der Waals surface area contributed by atoms with Crippen LogP contribution in [0.2, 0.25) is 0 Å². The highest BCUT2D eigenvalue weighted by Crippen LogP contribution is 2.45. The van der Waals surface area contributed by atoms with E-state index in [1.807, 2.05) is 43.3 Å². The Morgan fingerprint density at radius 2 is 1.80 bits per heavy atom. The number of nitrogens with zero attached hydrogens (tertiary/aromatic N) is 2. The Bertz CT molecular complexity index is 1250. The zero-order valence-corrected chi connectivity index (χ0v) is 23.9. The molecule has 9 nitrogen and oxygen atoms in total. The van der Waals surface area contributed by atoms with Crippen LogP contribution in [-0.4, -0.2) is 66.1 Å². The summed E-state index contributed by atoms with van der Waals surface area (Å²) in [5.41, 5.74) is 3.18. The lowest BCUT2D eigenvalue weighted by Crippen LogP contribution is -2.33. The van der Waals surface area contributed by atoms with E-state index in [9.17, 15) is 14.7 Å². The Morgan fingerprint density at radius 3 is 2.44 bits per heavy atom. The summed E-state index contributed by atoms with van der Waals surface area (Å²) in [6.07, 6.45) is 9.65. The molecule has 220 valence electrons. The number of pyridine rings is 1. The molecule has 5 rings (SSSR count). The van der Waals surface area contributed by atoms with E-state index in [2.05, 4.69) is 4.98 Å². The van der Waals surface area contributed by atoms with E-state index < -0.39 is 6.09 Å². The van der Waals surface area contributed by atoms with Crippen molar-refractivity contribution >= 4 is 17.6 Å². The Hall–Kier alpha value is -3.75. The zero-order chi connectivity index (χ0) is 28.8. The van der Waals surface area contributed by atoms with Gasteiger partial charge in [0.25, 0.3) is 0 Å². The van der Waals surface area contributed by atoms with Crippen molar-refractivity contribution in [1.29, 1.82) is 0 Å². The minimum absolute atomic E-state index is 0.0449. The van der Waals surface area contributed by atoms with Gasteiger partial charge in [0.2, 0.25) is 5.88 Å². The standard InChI is InChI=1S/C32H40N2O7/c1-3-39-31(35)20-28(21-4-5-21)23-12-15-33-30(18-23)41-25-8-6-24(7-9-25)40-29-19-26(38-2)10-11-27(29)22-13-16-34(17-14-22)32(36)37/h10-13,15,18-19,21,24-25,28H,3-9,14,16-17,20H2,1-2H3,(H,36,37)/t24-,25-,28?. The number of carbonyl (C=O) groups excluding carboxylic acids is 1. The Morgan fingerprint density at radius 1 is 1.05 bits per heavy atom. The van der Waals surface area contributed by atoms with E-state index in [1.165, 1.54) is 4.90 Å². The molecule has 1 N–H and O–H groups in total. The molecule has 1 aromatic heterocycles. The van der Waals surface area contributed by atoms with Gasteiger partial charge >= 0.3 is 12.1 Å². The summed E-state index contributed by atoms with van der Waals surface area (Å²) in [5.74, 6) is 2.61. The van der Waals surface area contributed by atoms with Crippen LogP contribution < -0.4 is 14.2 Å². The Balaban J connectivity index is 1.19. The lowest BCUT2D eigenvalue weighted by atomic mass is 9.91. The summed E-state index contributed by atoms with van der Waals surface area (Å²) in [7, 11) is 1.64. The maximum atomic E-state index is 12.2. The van der Waals surface area contributed by atoms with E-state index in [-0.39, 0.29) is 24.1 Å². The molecule has 1 unspecified atom stereocenters. The SMILES string of the molecule is CCOC(=O)CC(c1ccnc(O[C@H]2CC[C@H](Oc3cc(OC)ccc3C3=CCN(C(=O)O)CC3)CC2)c1)C1CC1. The van der Waals surface area contributed by atoms with Gasteiger partial charge in [-0.3, -0.25) is 4.79 Å². The van der Waals surface area contributed by atoms with Gasteiger partial charge in [0.05, 0.1) is 26.2 Å². The fourth-order valence-electron chi connectivity index (χ4n) is 5.87. The van der Waals surface area contributed by atoms with Gasteiger partial charge in [-0.2, -0.15) is 0 Å². The summed E-state index contributed by atoms with van der Waals surface area (Å²) in [5, 5.41) is 9.28. The van der Waals surface area contributed by atoms with Crippen LogP contribution in [0.25, 0.3) is 5.57 Å². The molecule has 2 heterocycles. The number of esters is 1.